The van der Waals surface area contributed by atoms with Gasteiger partial charge in [-0.3, -0.25) is 4.79 Å². The van der Waals surface area contributed by atoms with E-state index in [9.17, 15) is 4.79 Å². The van der Waals surface area contributed by atoms with Crippen LogP contribution < -0.4 is 5.32 Å². The first-order valence-corrected chi connectivity index (χ1v) is 8.89. The fraction of sp³-hybridized carbons (Fsp3) is 0.316. The molecule has 1 amide bonds. The number of hydrogen-bond donors (Lipinski definition) is 1. The van der Waals surface area contributed by atoms with Crippen LogP contribution in [-0.2, 0) is 9.53 Å². The molecule has 1 aromatic carbocycles. The van der Waals surface area contributed by atoms with Crippen LogP contribution in [0.15, 0.2) is 64.1 Å². The third-order valence-electron chi connectivity index (χ3n) is 4.01. The maximum Gasteiger partial charge on any atom is 0.244 e. The third kappa shape index (κ3) is 4.76. The first-order chi connectivity index (χ1) is 11.8. The molecule has 4 nitrogen and oxygen atoms in total. The molecular weight excluding hydrogens is 322 g/mol. The molecule has 0 unspecified atom stereocenters. The molecule has 24 heavy (non-hydrogen) atoms. The molecule has 0 spiro atoms. The van der Waals surface area contributed by atoms with Crippen molar-refractivity contribution in [2.45, 2.75) is 22.5 Å². The predicted molar refractivity (Wildman–Crippen MR) is 95.8 cm³/mol. The van der Waals surface area contributed by atoms with Crippen LogP contribution in [0.4, 0.5) is 0 Å². The molecule has 0 bridgehead atoms. The summed E-state index contributed by atoms with van der Waals surface area (Å²) in [7, 11) is 0. The lowest BCUT2D eigenvalue weighted by molar-refractivity contribution is -0.116. The topological polar surface area (TPSA) is 51.5 Å². The Labute approximate surface area is 146 Å². The molecule has 1 aromatic heterocycles. The van der Waals surface area contributed by atoms with Gasteiger partial charge in [0.15, 0.2) is 0 Å². The summed E-state index contributed by atoms with van der Waals surface area (Å²) < 4.78 is 10.7. The molecule has 3 rings (SSSR count). The Bertz CT molecular complexity index is 661. The Morgan fingerprint density at radius 1 is 1.17 bits per heavy atom. The first kappa shape index (κ1) is 16.9. The van der Waals surface area contributed by atoms with Crippen molar-refractivity contribution < 1.29 is 13.9 Å². The molecular formula is C19H21NO3S. The zero-order valence-corrected chi connectivity index (χ0v) is 14.3. The summed E-state index contributed by atoms with van der Waals surface area (Å²) in [5, 5.41) is 3.03. The van der Waals surface area contributed by atoms with Crippen LogP contribution >= 0.6 is 11.8 Å². The number of carbonyl (C=O) groups excluding carboxylic acids is 1. The molecule has 0 saturated carbocycles. The van der Waals surface area contributed by atoms with Gasteiger partial charge in [0.2, 0.25) is 5.91 Å². The number of benzene rings is 1. The summed E-state index contributed by atoms with van der Waals surface area (Å²) in [5.74, 6) is 0.565. The van der Waals surface area contributed by atoms with E-state index in [0.717, 1.165) is 26.1 Å². The van der Waals surface area contributed by atoms with E-state index in [4.69, 9.17) is 9.15 Å². The summed E-state index contributed by atoms with van der Waals surface area (Å²) in [6.07, 6.45) is 6.63. The minimum Gasteiger partial charge on any atom is -0.465 e. The van der Waals surface area contributed by atoms with Crippen LogP contribution in [0.2, 0.25) is 0 Å². The summed E-state index contributed by atoms with van der Waals surface area (Å²) in [5.41, 5.74) is 0. The second-order valence-electron chi connectivity index (χ2n) is 5.78. The van der Waals surface area contributed by atoms with Crippen molar-refractivity contribution in [1.82, 2.24) is 5.32 Å². The van der Waals surface area contributed by atoms with Crippen molar-refractivity contribution in [3.63, 3.8) is 0 Å². The lowest BCUT2D eigenvalue weighted by atomic mass is 9.99. The van der Waals surface area contributed by atoms with Crippen molar-refractivity contribution in [3.8, 4) is 0 Å². The molecule has 2 heterocycles. The lowest BCUT2D eigenvalue weighted by Gasteiger charge is -2.36. The number of carbonyl (C=O) groups is 1. The Morgan fingerprint density at radius 3 is 2.67 bits per heavy atom. The van der Waals surface area contributed by atoms with Gasteiger partial charge in [0.1, 0.15) is 5.76 Å². The standard InChI is InChI=1S/C19H21NO3S/c21-18(9-8-16-5-4-12-23-16)20-15-19(10-13-22-14-11-19)24-17-6-2-1-3-7-17/h1-9,12H,10-11,13-15H2,(H,20,21)/b9-8+. The van der Waals surface area contributed by atoms with E-state index in [-0.39, 0.29) is 10.7 Å². The monoisotopic (exact) mass is 343 g/mol. The third-order valence-corrected chi connectivity index (χ3v) is 5.50. The molecule has 0 aliphatic carbocycles. The number of furan rings is 1. The number of ether oxygens (including phenoxy) is 1. The van der Waals surface area contributed by atoms with Gasteiger partial charge in [-0.2, -0.15) is 0 Å². The average Bonchev–Trinajstić information content (AvgIpc) is 3.14. The summed E-state index contributed by atoms with van der Waals surface area (Å²) in [6.45, 7) is 2.09. The van der Waals surface area contributed by atoms with E-state index < -0.39 is 0 Å². The van der Waals surface area contributed by atoms with Crippen LogP contribution in [0.1, 0.15) is 18.6 Å². The molecule has 0 radical (unpaired) electrons. The summed E-state index contributed by atoms with van der Waals surface area (Å²) >= 11 is 1.83. The zero-order valence-electron chi connectivity index (χ0n) is 13.4. The number of hydrogen-bond acceptors (Lipinski definition) is 4. The SMILES string of the molecule is O=C(/C=C/c1ccco1)NCC1(Sc2ccccc2)CCOCC1. The number of thioether (sulfide) groups is 1. The molecule has 1 aliphatic rings. The highest BCUT2D eigenvalue weighted by atomic mass is 32.2. The van der Waals surface area contributed by atoms with E-state index in [2.05, 4.69) is 17.4 Å². The van der Waals surface area contributed by atoms with Gasteiger partial charge >= 0.3 is 0 Å². The molecule has 1 N–H and O–H groups in total. The predicted octanol–water partition coefficient (Wildman–Crippen LogP) is 3.75. The molecule has 0 atom stereocenters. The van der Waals surface area contributed by atoms with Gasteiger partial charge in [-0.05, 0) is 43.2 Å². The highest BCUT2D eigenvalue weighted by Crippen LogP contribution is 2.40. The second kappa shape index (κ2) is 8.22. The van der Waals surface area contributed by atoms with E-state index in [1.807, 2.05) is 36.0 Å². The van der Waals surface area contributed by atoms with Gasteiger partial charge < -0.3 is 14.5 Å². The quantitative estimate of drug-likeness (QED) is 0.812. The maximum absolute atomic E-state index is 12.1. The van der Waals surface area contributed by atoms with Gasteiger partial charge in [-0.15, -0.1) is 11.8 Å². The minimum atomic E-state index is -0.106. The highest BCUT2D eigenvalue weighted by Gasteiger charge is 2.34. The van der Waals surface area contributed by atoms with Crippen molar-refractivity contribution in [2.75, 3.05) is 19.8 Å². The molecule has 2 aromatic rings. The molecule has 1 fully saturated rings. The van der Waals surface area contributed by atoms with Crippen molar-refractivity contribution in [1.29, 1.82) is 0 Å². The molecule has 1 saturated heterocycles. The van der Waals surface area contributed by atoms with E-state index in [0.29, 0.717) is 12.3 Å². The zero-order chi connectivity index (χ0) is 16.7. The Morgan fingerprint density at radius 2 is 1.96 bits per heavy atom. The normalized spacial score (nSPS) is 17.0. The fourth-order valence-corrected chi connectivity index (χ4v) is 3.96. The van der Waals surface area contributed by atoms with Crippen molar-refractivity contribution in [2.24, 2.45) is 0 Å². The summed E-state index contributed by atoms with van der Waals surface area (Å²) in [6, 6.07) is 13.9. The first-order valence-electron chi connectivity index (χ1n) is 8.07. The van der Waals surface area contributed by atoms with Crippen molar-refractivity contribution >= 4 is 23.7 Å². The molecule has 126 valence electrons. The van der Waals surface area contributed by atoms with Gasteiger partial charge in [-0.25, -0.2) is 0 Å². The Kier molecular flexibility index (Phi) is 5.77. The largest absolute Gasteiger partial charge is 0.465 e. The fourth-order valence-electron chi connectivity index (χ4n) is 2.65. The molecule has 5 heteroatoms. The van der Waals surface area contributed by atoms with Gasteiger partial charge in [-0.1, -0.05) is 18.2 Å². The number of amides is 1. The van der Waals surface area contributed by atoms with Crippen LogP contribution in [0.25, 0.3) is 6.08 Å². The van der Waals surface area contributed by atoms with Gasteiger partial charge in [0.05, 0.1) is 6.26 Å². The van der Waals surface area contributed by atoms with Crippen LogP contribution in [-0.4, -0.2) is 30.4 Å². The molecule has 1 aliphatic heterocycles. The summed E-state index contributed by atoms with van der Waals surface area (Å²) in [4.78, 5) is 13.3. The minimum absolute atomic E-state index is 0.0201. The number of rotatable bonds is 6. The highest BCUT2D eigenvalue weighted by molar-refractivity contribution is 8.00. The van der Waals surface area contributed by atoms with Crippen molar-refractivity contribution in [3.05, 3.63) is 60.6 Å². The van der Waals surface area contributed by atoms with Crippen LogP contribution in [0.5, 0.6) is 0 Å². The van der Waals surface area contributed by atoms with E-state index in [1.54, 1.807) is 18.4 Å². The number of nitrogens with one attached hydrogen (secondary N) is 1. The van der Waals surface area contributed by atoms with Gasteiger partial charge in [0, 0.05) is 35.5 Å². The van der Waals surface area contributed by atoms with E-state index >= 15 is 0 Å². The van der Waals surface area contributed by atoms with Crippen LogP contribution in [0.3, 0.4) is 0 Å². The van der Waals surface area contributed by atoms with Gasteiger partial charge in [0.25, 0.3) is 0 Å². The second-order valence-corrected chi connectivity index (χ2v) is 7.32. The Hall–Kier alpha value is -1.98. The Balaban J connectivity index is 1.60. The smallest absolute Gasteiger partial charge is 0.244 e. The average molecular weight is 343 g/mol. The lowest BCUT2D eigenvalue weighted by Crippen LogP contribution is -2.44. The maximum atomic E-state index is 12.1. The van der Waals surface area contributed by atoms with Crippen LogP contribution in [0, 0.1) is 0 Å². The van der Waals surface area contributed by atoms with E-state index in [1.165, 1.54) is 11.0 Å².